The van der Waals surface area contributed by atoms with Gasteiger partial charge in [-0.05, 0) is 37.6 Å². The molecule has 0 aliphatic carbocycles. The van der Waals surface area contributed by atoms with Gasteiger partial charge in [0.15, 0.2) is 0 Å². The Labute approximate surface area is 187 Å². The third kappa shape index (κ3) is 2.14. The van der Waals surface area contributed by atoms with Gasteiger partial charge < -0.3 is 5.32 Å². The highest BCUT2D eigenvalue weighted by Gasteiger charge is 2.74. The molecule has 4 atom stereocenters. The van der Waals surface area contributed by atoms with Gasteiger partial charge in [-0.15, -0.1) is 0 Å². The van der Waals surface area contributed by atoms with Crippen LogP contribution in [0.25, 0.3) is 0 Å². The van der Waals surface area contributed by atoms with Gasteiger partial charge in [0.2, 0.25) is 11.8 Å². The van der Waals surface area contributed by atoms with Gasteiger partial charge in [-0.1, -0.05) is 23.7 Å². The van der Waals surface area contributed by atoms with Crippen molar-refractivity contribution in [2.75, 3.05) is 16.8 Å². The first-order valence-electron chi connectivity index (χ1n) is 10.4. The zero-order valence-electron chi connectivity index (χ0n) is 16.7. The minimum Gasteiger partial charge on any atom is -0.323 e. The molecular weight excluding hydrogens is 436 g/mol. The summed E-state index contributed by atoms with van der Waals surface area (Å²) in [6, 6.07) is 10.3. The fourth-order valence-electron chi connectivity index (χ4n) is 6.17. The Bertz CT molecular complexity index is 1230. The number of hydrogen-bond donors (Lipinski definition) is 1. The van der Waals surface area contributed by atoms with Crippen molar-refractivity contribution < 1.29 is 19.3 Å². The molecule has 4 aliphatic heterocycles. The number of carbonyl (C=O) groups excluding carboxylic acids is 3. The molecule has 3 fully saturated rings. The molecule has 1 N–H and O–H groups in total. The first kappa shape index (κ1) is 19.4. The summed E-state index contributed by atoms with van der Waals surface area (Å²) in [6.07, 6.45) is 1.52. The van der Waals surface area contributed by atoms with Crippen LogP contribution in [-0.4, -0.2) is 40.1 Å². The van der Waals surface area contributed by atoms with E-state index >= 15 is 0 Å². The van der Waals surface area contributed by atoms with Crippen LogP contribution in [0.3, 0.4) is 0 Å². The lowest BCUT2D eigenvalue weighted by atomic mass is 9.75. The van der Waals surface area contributed by atoms with Crippen LogP contribution in [0.15, 0.2) is 42.5 Å². The fraction of sp³-hybridized carbons (Fsp3) is 0.318. The highest BCUT2D eigenvalue weighted by atomic mass is 35.5. The van der Waals surface area contributed by atoms with Gasteiger partial charge in [0.1, 0.15) is 5.54 Å². The number of anilines is 2. The monoisotopic (exact) mass is 452 g/mol. The van der Waals surface area contributed by atoms with E-state index in [0.29, 0.717) is 29.2 Å². The molecule has 3 amide bonds. The summed E-state index contributed by atoms with van der Waals surface area (Å²) >= 11 is 6.36. The van der Waals surface area contributed by atoms with E-state index in [2.05, 4.69) is 5.32 Å². The molecule has 0 saturated carbocycles. The van der Waals surface area contributed by atoms with E-state index in [-0.39, 0.29) is 29.2 Å². The Morgan fingerprint density at radius 2 is 1.84 bits per heavy atom. The normalized spacial score (nSPS) is 30.6. The molecule has 2 aromatic rings. The Balaban J connectivity index is 1.52. The first-order valence-corrected chi connectivity index (χ1v) is 10.7. The van der Waals surface area contributed by atoms with Gasteiger partial charge in [-0.2, -0.15) is 0 Å². The SMILES string of the molecule is O=C1[C@H]2[C@@H](C(=O)N1c1ccc([N+](=O)[O-])cc1)[C@]1(C(=O)Nc3c(Cl)cccc31)N1CCC[C@@H]21. The molecule has 4 aliphatic rings. The number of carbonyl (C=O) groups is 3. The van der Waals surface area contributed by atoms with E-state index in [1.807, 2.05) is 4.90 Å². The minimum atomic E-state index is -1.30. The predicted molar refractivity (Wildman–Crippen MR) is 114 cm³/mol. The van der Waals surface area contributed by atoms with Gasteiger partial charge in [-0.25, -0.2) is 4.90 Å². The third-order valence-corrected chi connectivity index (χ3v) is 7.61. The van der Waals surface area contributed by atoms with E-state index < -0.39 is 28.2 Å². The number of halogens is 1. The van der Waals surface area contributed by atoms with Gasteiger partial charge in [0, 0.05) is 23.7 Å². The number of nitro groups is 1. The maximum Gasteiger partial charge on any atom is 0.269 e. The zero-order valence-corrected chi connectivity index (χ0v) is 17.4. The summed E-state index contributed by atoms with van der Waals surface area (Å²) in [5.74, 6) is -2.74. The lowest BCUT2D eigenvalue weighted by Crippen LogP contribution is -2.54. The lowest BCUT2D eigenvalue weighted by molar-refractivity contribution is -0.384. The smallest absolute Gasteiger partial charge is 0.269 e. The van der Waals surface area contributed by atoms with Crippen LogP contribution >= 0.6 is 11.6 Å². The molecule has 0 unspecified atom stereocenters. The molecule has 0 bridgehead atoms. The molecule has 9 nitrogen and oxygen atoms in total. The van der Waals surface area contributed by atoms with Crippen LogP contribution in [0, 0.1) is 22.0 Å². The summed E-state index contributed by atoms with van der Waals surface area (Å²) in [4.78, 5) is 54.5. The van der Waals surface area contributed by atoms with Crippen molar-refractivity contribution in [3.63, 3.8) is 0 Å². The predicted octanol–water partition coefficient (Wildman–Crippen LogP) is 2.68. The number of benzene rings is 2. The molecule has 3 saturated heterocycles. The number of para-hydroxylation sites is 1. The van der Waals surface area contributed by atoms with Crippen LogP contribution in [0.1, 0.15) is 18.4 Å². The number of fused-ring (bicyclic) bond motifs is 7. The highest BCUT2D eigenvalue weighted by Crippen LogP contribution is 2.61. The summed E-state index contributed by atoms with van der Waals surface area (Å²) in [5.41, 5.74) is -0.0517. The average molecular weight is 453 g/mol. The maximum atomic E-state index is 13.8. The molecule has 10 heteroatoms. The van der Waals surface area contributed by atoms with Crippen molar-refractivity contribution in [2.24, 2.45) is 11.8 Å². The molecule has 6 rings (SSSR count). The van der Waals surface area contributed by atoms with Crippen LogP contribution in [0.4, 0.5) is 17.1 Å². The molecule has 0 aromatic heterocycles. The van der Waals surface area contributed by atoms with Crippen molar-refractivity contribution in [3.05, 3.63) is 63.2 Å². The minimum absolute atomic E-state index is 0.134. The fourth-order valence-corrected chi connectivity index (χ4v) is 6.39. The Morgan fingerprint density at radius 1 is 1.09 bits per heavy atom. The number of imide groups is 1. The quantitative estimate of drug-likeness (QED) is 0.426. The van der Waals surface area contributed by atoms with Gasteiger partial charge in [0.05, 0.1) is 33.2 Å². The van der Waals surface area contributed by atoms with E-state index in [1.165, 1.54) is 24.3 Å². The summed E-state index contributed by atoms with van der Waals surface area (Å²) in [5, 5.41) is 14.2. The van der Waals surface area contributed by atoms with Crippen molar-refractivity contribution >= 4 is 46.4 Å². The largest absolute Gasteiger partial charge is 0.323 e. The van der Waals surface area contributed by atoms with Crippen molar-refractivity contribution in [3.8, 4) is 0 Å². The van der Waals surface area contributed by atoms with Crippen molar-refractivity contribution in [1.82, 2.24) is 4.90 Å². The number of non-ortho nitro benzene ring substituents is 1. The molecule has 2 aromatic carbocycles. The van der Waals surface area contributed by atoms with Crippen LogP contribution in [-0.2, 0) is 19.9 Å². The number of hydrogen-bond acceptors (Lipinski definition) is 6. The summed E-state index contributed by atoms with van der Waals surface area (Å²) < 4.78 is 0. The third-order valence-electron chi connectivity index (χ3n) is 7.30. The van der Waals surface area contributed by atoms with Crippen LogP contribution < -0.4 is 10.2 Å². The Hall–Kier alpha value is -3.30. The maximum absolute atomic E-state index is 13.8. The van der Waals surface area contributed by atoms with Crippen LogP contribution in [0.2, 0.25) is 5.02 Å². The van der Waals surface area contributed by atoms with Gasteiger partial charge in [-0.3, -0.25) is 29.4 Å². The van der Waals surface area contributed by atoms with Gasteiger partial charge >= 0.3 is 0 Å². The number of nitro benzene ring substituents is 1. The second kappa shape index (κ2) is 6.36. The number of rotatable bonds is 2. The molecule has 32 heavy (non-hydrogen) atoms. The molecule has 0 radical (unpaired) electrons. The summed E-state index contributed by atoms with van der Waals surface area (Å²) in [7, 11) is 0. The van der Waals surface area contributed by atoms with E-state index in [1.54, 1.807) is 18.2 Å². The van der Waals surface area contributed by atoms with Crippen molar-refractivity contribution in [1.29, 1.82) is 0 Å². The molecule has 162 valence electrons. The van der Waals surface area contributed by atoms with E-state index in [0.717, 1.165) is 11.3 Å². The second-order valence-electron chi connectivity index (χ2n) is 8.57. The van der Waals surface area contributed by atoms with Crippen molar-refractivity contribution in [2.45, 2.75) is 24.4 Å². The van der Waals surface area contributed by atoms with E-state index in [9.17, 15) is 24.5 Å². The molecule has 4 heterocycles. The lowest BCUT2D eigenvalue weighted by Gasteiger charge is -2.36. The standard InChI is InChI=1S/C22H17ClN4O5/c23-14-4-1-3-13-18(14)24-21(30)22(13)17-16(15-5-2-10-25(15)22)19(28)26(20(17)29)11-6-8-12(9-7-11)27(31)32/h1,3-4,6-9,15-17H,2,5,10H2,(H,24,30)/t15-,16+,17-,22+/m0/s1. The Morgan fingerprint density at radius 3 is 2.56 bits per heavy atom. The van der Waals surface area contributed by atoms with Gasteiger partial charge in [0.25, 0.3) is 11.6 Å². The first-order chi connectivity index (χ1) is 15.4. The van der Waals surface area contributed by atoms with E-state index in [4.69, 9.17) is 11.6 Å². The summed E-state index contributed by atoms with van der Waals surface area (Å²) in [6.45, 7) is 0.606. The highest BCUT2D eigenvalue weighted by molar-refractivity contribution is 6.35. The number of nitrogens with zero attached hydrogens (tertiary/aromatic N) is 3. The molecule has 1 spiro atoms. The average Bonchev–Trinajstić information content (AvgIpc) is 3.47. The topological polar surface area (TPSA) is 113 Å². The number of amides is 3. The zero-order chi connectivity index (χ0) is 22.4. The Kier molecular flexibility index (Phi) is 3.86. The second-order valence-corrected chi connectivity index (χ2v) is 8.98. The van der Waals surface area contributed by atoms with Crippen LogP contribution in [0.5, 0.6) is 0 Å². The molecular formula is C22H17ClN4O5. The number of nitrogens with one attached hydrogen (secondary N) is 1.